The molecule has 4 atom stereocenters. The van der Waals surface area contributed by atoms with Crippen LogP contribution >= 0.6 is 15.9 Å². The van der Waals surface area contributed by atoms with Gasteiger partial charge in [0.2, 0.25) is 5.91 Å². The Bertz CT molecular complexity index is 1090. The first kappa shape index (κ1) is 30.9. The van der Waals surface area contributed by atoms with E-state index in [9.17, 15) is 14.4 Å². The molecule has 3 rings (SSSR count). The molecule has 0 saturated carbocycles. The molecule has 2 amide bonds. The summed E-state index contributed by atoms with van der Waals surface area (Å²) in [7, 11) is 0. The Morgan fingerprint density at radius 1 is 1.05 bits per heavy atom. The predicted molar refractivity (Wildman–Crippen MR) is 150 cm³/mol. The minimum absolute atomic E-state index is 0.268. The molecular weight excluding hydrogens is 566 g/mol. The van der Waals surface area contributed by atoms with Gasteiger partial charge in [-0.15, -0.1) is 0 Å². The van der Waals surface area contributed by atoms with Gasteiger partial charge in [0.25, 0.3) is 0 Å². The second-order valence-corrected chi connectivity index (χ2v) is 11.1. The molecule has 2 heterocycles. The molecule has 1 fully saturated rings. The quantitative estimate of drug-likeness (QED) is 0.171. The van der Waals surface area contributed by atoms with Crippen molar-refractivity contribution in [1.82, 2.24) is 4.90 Å². The Morgan fingerprint density at radius 2 is 1.67 bits per heavy atom. The number of aliphatic hydroxyl groups excluding tert-OH is 1. The highest BCUT2D eigenvalue weighted by Gasteiger charge is 2.46. The number of halogens is 1. The highest BCUT2D eigenvalue weighted by molar-refractivity contribution is 9.10. The van der Waals surface area contributed by atoms with E-state index in [2.05, 4.69) is 15.9 Å². The van der Waals surface area contributed by atoms with Crippen LogP contribution in [0.25, 0.3) is 0 Å². The monoisotopic (exact) mass is 605 g/mol. The summed E-state index contributed by atoms with van der Waals surface area (Å²) in [5.41, 5.74) is 0.805. The van der Waals surface area contributed by atoms with Gasteiger partial charge in [0.15, 0.2) is 6.10 Å². The summed E-state index contributed by atoms with van der Waals surface area (Å²) in [6.45, 7) is 4.95. The molecule has 2 aromatic rings. The van der Waals surface area contributed by atoms with Crippen LogP contribution in [0, 0.1) is 5.92 Å². The van der Waals surface area contributed by atoms with E-state index >= 15 is 0 Å². The van der Waals surface area contributed by atoms with Gasteiger partial charge in [-0.25, -0.2) is 9.69 Å². The van der Waals surface area contributed by atoms with E-state index in [1.165, 1.54) is 19.8 Å². The van der Waals surface area contributed by atoms with Crippen molar-refractivity contribution < 1.29 is 33.4 Å². The van der Waals surface area contributed by atoms with E-state index in [0.29, 0.717) is 12.2 Å². The van der Waals surface area contributed by atoms with Gasteiger partial charge < -0.3 is 19.0 Å². The second kappa shape index (κ2) is 15.2. The smallest absolute Gasteiger partial charge is 0.417 e. The molecular formula is C30H40BrNO7. The lowest BCUT2D eigenvalue weighted by atomic mass is 9.98. The normalized spacial score (nSPS) is 18.6. The number of carbonyl (C=O) groups is 3. The third kappa shape index (κ3) is 8.42. The molecule has 0 spiro atoms. The molecule has 0 bridgehead atoms. The molecule has 0 aliphatic carbocycles. The fourth-order valence-electron chi connectivity index (χ4n) is 4.97. The van der Waals surface area contributed by atoms with Crippen molar-refractivity contribution in [1.29, 1.82) is 0 Å². The maximum Gasteiger partial charge on any atom is 0.417 e. The lowest BCUT2D eigenvalue weighted by Crippen LogP contribution is -2.43. The number of nitrogens with zero attached hydrogens (tertiary/aromatic N) is 1. The van der Waals surface area contributed by atoms with E-state index in [1.807, 2.05) is 30.3 Å². The Kier molecular flexibility index (Phi) is 12.1. The molecule has 0 radical (unpaired) electrons. The summed E-state index contributed by atoms with van der Waals surface area (Å²) >= 11 is 3.55. The number of ether oxygens (including phenoxy) is 2. The molecule has 1 N–H and O–H groups in total. The highest BCUT2D eigenvalue weighted by atomic mass is 79.9. The van der Waals surface area contributed by atoms with Crippen LogP contribution in [0.3, 0.4) is 0 Å². The molecule has 1 aromatic carbocycles. The summed E-state index contributed by atoms with van der Waals surface area (Å²) in [4.78, 5) is 39.4. The molecule has 8 nitrogen and oxygen atoms in total. The minimum atomic E-state index is -0.991. The van der Waals surface area contributed by atoms with Crippen LogP contribution in [-0.2, 0) is 25.5 Å². The summed E-state index contributed by atoms with van der Waals surface area (Å²) in [6, 6.07) is 10.5. The third-order valence-electron chi connectivity index (χ3n) is 7.14. The molecule has 1 aliphatic rings. The Labute approximate surface area is 239 Å². The van der Waals surface area contributed by atoms with E-state index in [4.69, 9.17) is 19.0 Å². The lowest BCUT2D eigenvalue weighted by Gasteiger charge is -2.26. The van der Waals surface area contributed by atoms with Gasteiger partial charge in [0.1, 0.15) is 17.6 Å². The summed E-state index contributed by atoms with van der Waals surface area (Å²) in [5, 5.41) is 8.85. The van der Waals surface area contributed by atoms with Crippen LogP contribution in [0.4, 0.5) is 4.79 Å². The van der Waals surface area contributed by atoms with Crippen LogP contribution in [-0.4, -0.2) is 40.6 Å². The maximum atomic E-state index is 13.6. The Morgan fingerprint density at radius 3 is 2.28 bits per heavy atom. The van der Waals surface area contributed by atoms with Crippen molar-refractivity contribution >= 4 is 33.9 Å². The van der Waals surface area contributed by atoms with E-state index in [1.54, 1.807) is 19.9 Å². The number of benzene rings is 1. The number of aliphatic hydroxyl groups is 1. The zero-order chi connectivity index (χ0) is 28.4. The van der Waals surface area contributed by atoms with Crippen molar-refractivity contribution in [2.75, 3.05) is 6.61 Å². The molecule has 1 aliphatic heterocycles. The number of cyclic esters (lactones) is 1. The van der Waals surface area contributed by atoms with Gasteiger partial charge >= 0.3 is 12.1 Å². The molecule has 214 valence electrons. The summed E-state index contributed by atoms with van der Waals surface area (Å²) in [5.74, 6) is -0.827. The van der Waals surface area contributed by atoms with E-state index in [0.717, 1.165) is 59.2 Å². The Hall–Kier alpha value is -2.65. The summed E-state index contributed by atoms with van der Waals surface area (Å²) < 4.78 is 18.0. The third-order valence-corrected chi connectivity index (χ3v) is 7.81. The predicted octanol–water partition coefficient (Wildman–Crippen LogP) is 7.05. The van der Waals surface area contributed by atoms with Crippen molar-refractivity contribution in [3.8, 4) is 0 Å². The molecule has 9 heteroatoms. The number of unbranched alkanes of at least 4 members (excludes halogenated alkanes) is 7. The molecule has 0 unspecified atom stereocenters. The van der Waals surface area contributed by atoms with E-state index < -0.39 is 42.1 Å². The van der Waals surface area contributed by atoms with Gasteiger partial charge in [0.05, 0.1) is 16.4 Å². The van der Waals surface area contributed by atoms with Crippen molar-refractivity contribution in [3.05, 3.63) is 58.0 Å². The standard InChI is InChI=1S/C30H40BrNO7/c1-20(29(35)32-21(2)28(39-30(32)36)23-15-11-10-12-16-23)27(37-22(3)34)26-19-24(31)25(38-26)17-13-8-6-4-5-7-9-14-18-33/h10-12,15-16,19-21,27-28,33H,4-9,13-14,17-18H2,1-3H3/t20-,21-,27-,28-/m1/s1. The summed E-state index contributed by atoms with van der Waals surface area (Å²) in [6.07, 6.45) is 7.06. The zero-order valence-corrected chi connectivity index (χ0v) is 24.7. The highest BCUT2D eigenvalue weighted by Crippen LogP contribution is 2.38. The van der Waals surface area contributed by atoms with Gasteiger partial charge in [-0.3, -0.25) is 9.59 Å². The minimum Gasteiger partial charge on any atom is -0.461 e. The first-order chi connectivity index (χ1) is 18.7. The number of carbonyl (C=O) groups excluding carboxylic acids is 3. The van der Waals surface area contributed by atoms with Gasteiger partial charge in [-0.2, -0.15) is 0 Å². The number of amides is 2. The van der Waals surface area contributed by atoms with Gasteiger partial charge in [-0.1, -0.05) is 68.9 Å². The largest absolute Gasteiger partial charge is 0.461 e. The first-order valence-electron chi connectivity index (χ1n) is 13.9. The maximum absolute atomic E-state index is 13.6. The van der Waals surface area contributed by atoms with Gasteiger partial charge in [-0.05, 0) is 54.2 Å². The number of imide groups is 1. The molecule has 1 aromatic heterocycles. The van der Waals surface area contributed by atoms with Crippen LogP contribution < -0.4 is 0 Å². The number of hydrogen-bond acceptors (Lipinski definition) is 7. The fraction of sp³-hybridized carbons (Fsp3) is 0.567. The van der Waals surface area contributed by atoms with Gasteiger partial charge in [0, 0.05) is 20.0 Å². The Balaban J connectivity index is 1.63. The van der Waals surface area contributed by atoms with Crippen molar-refractivity contribution in [3.63, 3.8) is 0 Å². The number of rotatable bonds is 15. The zero-order valence-electron chi connectivity index (χ0n) is 23.1. The van der Waals surface area contributed by atoms with Crippen LogP contribution in [0.5, 0.6) is 0 Å². The second-order valence-electron chi connectivity index (χ2n) is 10.2. The van der Waals surface area contributed by atoms with Crippen LogP contribution in [0.1, 0.15) is 101 Å². The average Bonchev–Trinajstić information content (AvgIpc) is 3.43. The molecule has 1 saturated heterocycles. The number of furan rings is 1. The number of hydrogen-bond donors (Lipinski definition) is 1. The number of esters is 1. The average molecular weight is 607 g/mol. The van der Waals surface area contributed by atoms with Crippen molar-refractivity contribution in [2.45, 2.75) is 96.8 Å². The van der Waals surface area contributed by atoms with Crippen LogP contribution in [0.15, 0.2) is 45.3 Å². The fourth-order valence-corrected chi connectivity index (χ4v) is 5.48. The SMILES string of the molecule is CC(=O)O[C@@H](c1cc(Br)c(CCCCCCCCCCO)o1)[C@@H](C)C(=O)N1C(=O)O[C@@H](c2ccccc2)[C@H]1C. The van der Waals surface area contributed by atoms with Crippen LogP contribution in [0.2, 0.25) is 0 Å². The lowest BCUT2D eigenvalue weighted by molar-refractivity contribution is -0.154. The van der Waals surface area contributed by atoms with Crippen molar-refractivity contribution in [2.24, 2.45) is 5.92 Å². The van der Waals surface area contributed by atoms with E-state index in [-0.39, 0.29) is 6.61 Å². The first-order valence-corrected chi connectivity index (χ1v) is 14.7. The molecule has 39 heavy (non-hydrogen) atoms. The topological polar surface area (TPSA) is 106 Å². The number of aryl methyl sites for hydroxylation is 1.